The first-order valence-corrected chi connectivity index (χ1v) is 8.14. The molecule has 0 spiro atoms. The number of halogens is 2. The summed E-state index contributed by atoms with van der Waals surface area (Å²) < 4.78 is 19.7. The smallest absolute Gasteiger partial charge is 0.407 e. The molecule has 0 fully saturated rings. The van der Waals surface area contributed by atoms with Crippen molar-refractivity contribution in [3.05, 3.63) is 34.1 Å². The first kappa shape index (κ1) is 18.9. The van der Waals surface area contributed by atoms with E-state index < -0.39 is 11.7 Å². The van der Waals surface area contributed by atoms with Gasteiger partial charge in [-0.1, -0.05) is 22.9 Å². The van der Waals surface area contributed by atoms with Crippen molar-refractivity contribution in [3.8, 4) is 0 Å². The van der Waals surface area contributed by atoms with Gasteiger partial charge in [-0.25, -0.2) is 9.18 Å². The Morgan fingerprint density at radius 3 is 2.68 bits per heavy atom. The molecule has 0 saturated heterocycles. The summed E-state index contributed by atoms with van der Waals surface area (Å²) >= 11 is 3.33. The zero-order valence-electron chi connectivity index (χ0n) is 13.5. The lowest BCUT2D eigenvalue weighted by Gasteiger charge is -2.22. The normalized spacial score (nSPS) is 12.8. The molecule has 1 unspecified atom stereocenters. The van der Waals surface area contributed by atoms with Gasteiger partial charge in [0.1, 0.15) is 11.4 Å². The molecule has 0 saturated carbocycles. The second kappa shape index (κ2) is 8.48. The molecule has 1 rings (SSSR count). The summed E-state index contributed by atoms with van der Waals surface area (Å²) in [4.78, 5) is 11.6. The summed E-state index contributed by atoms with van der Waals surface area (Å²) in [5, 5.41) is 5.97. The molecule has 1 aromatic rings. The van der Waals surface area contributed by atoms with E-state index in [1.807, 2.05) is 27.7 Å². The maximum Gasteiger partial charge on any atom is 0.407 e. The summed E-state index contributed by atoms with van der Waals surface area (Å²) in [5.41, 5.74) is 0.0728. The number of hydrogen-bond donors (Lipinski definition) is 2. The molecule has 0 radical (unpaired) electrons. The third kappa shape index (κ3) is 7.22. The monoisotopic (exact) mass is 374 g/mol. The van der Waals surface area contributed by atoms with Crippen LogP contribution in [-0.4, -0.2) is 24.3 Å². The highest BCUT2D eigenvalue weighted by molar-refractivity contribution is 9.10. The van der Waals surface area contributed by atoms with Crippen LogP contribution in [0.1, 0.15) is 39.7 Å². The topological polar surface area (TPSA) is 50.4 Å². The molecule has 124 valence electrons. The fourth-order valence-corrected chi connectivity index (χ4v) is 2.22. The Morgan fingerprint density at radius 2 is 2.09 bits per heavy atom. The molecule has 4 nitrogen and oxygen atoms in total. The van der Waals surface area contributed by atoms with Crippen molar-refractivity contribution in [2.24, 2.45) is 0 Å². The zero-order chi connectivity index (χ0) is 16.8. The molecule has 0 bridgehead atoms. The van der Waals surface area contributed by atoms with Gasteiger partial charge in [0.2, 0.25) is 0 Å². The Labute approximate surface area is 139 Å². The minimum Gasteiger partial charge on any atom is -0.444 e. The predicted octanol–water partition coefficient (Wildman–Crippen LogP) is 3.98. The Kier molecular flexibility index (Phi) is 7.29. The highest BCUT2D eigenvalue weighted by Crippen LogP contribution is 2.15. The van der Waals surface area contributed by atoms with E-state index in [4.69, 9.17) is 4.74 Å². The van der Waals surface area contributed by atoms with Gasteiger partial charge in [-0.3, -0.25) is 0 Å². The van der Waals surface area contributed by atoms with Crippen LogP contribution in [0.2, 0.25) is 0 Å². The van der Waals surface area contributed by atoms with Gasteiger partial charge in [0.25, 0.3) is 0 Å². The van der Waals surface area contributed by atoms with Crippen LogP contribution < -0.4 is 10.6 Å². The average molecular weight is 375 g/mol. The first-order chi connectivity index (χ1) is 10.2. The van der Waals surface area contributed by atoms with Gasteiger partial charge < -0.3 is 15.4 Å². The zero-order valence-corrected chi connectivity index (χ0v) is 15.1. The average Bonchev–Trinajstić information content (AvgIpc) is 2.40. The lowest BCUT2D eigenvalue weighted by Crippen LogP contribution is -2.42. The van der Waals surface area contributed by atoms with Crippen LogP contribution >= 0.6 is 15.9 Å². The van der Waals surface area contributed by atoms with Crippen LogP contribution in [0.4, 0.5) is 9.18 Å². The highest BCUT2D eigenvalue weighted by atomic mass is 79.9. The van der Waals surface area contributed by atoms with Gasteiger partial charge in [-0.2, -0.15) is 0 Å². The summed E-state index contributed by atoms with van der Waals surface area (Å²) in [5.74, 6) is -0.245. The number of nitrogens with one attached hydrogen (secondary N) is 2. The Bertz CT molecular complexity index is 503. The predicted molar refractivity (Wildman–Crippen MR) is 89.3 cm³/mol. The third-order valence-corrected chi connectivity index (χ3v) is 3.47. The molecule has 0 heterocycles. The minimum absolute atomic E-state index is 0.0471. The Balaban J connectivity index is 2.45. The van der Waals surface area contributed by atoms with Crippen molar-refractivity contribution in [2.75, 3.05) is 6.54 Å². The molecule has 1 aromatic carbocycles. The lowest BCUT2D eigenvalue weighted by molar-refractivity contribution is 0.0522. The summed E-state index contributed by atoms with van der Waals surface area (Å²) in [6, 6.07) is 4.89. The number of benzene rings is 1. The molecule has 6 heteroatoms. The van der Waals surface area contributed by atoms with Gasteiger partial charge in [0, 0.05) is 29.2 Å². The molecular weight excluding hydrogens is 351 g/mol. The van der Waals surface area contributed by atoms with Crippen molar-refractivity contribution >= 4 is 22.0 Å². The largest absolute Gasteiger partial charge is 0.444 e. The molecule has 22 heavy (non-hydrogen) atoms. The Hall–Kier alpha value is -1.14. The van der Waals surface area contributed by atoms with Gasteiger partial charge in [0.15, 0.2) is 0 Å². The quantitative estimate of drug-likeness (QED) is 0.791. The van der Waals surface area contributed by atoms with Crippen molar-refractivity contribution in [2.45, 2.75) is 52.3 Å². The van der Waals surface area contributed by atoms with Crippen LogP contribution in [0.25, 0.3) is 0 Å². The second-order valence-electron chi connectivity index (χ2n) is 6.10. The number of carbonyl (C=O) groups excluding carboxylic acids is 1. The van der Waals surface area contributed by atoms with E-state index in [-0.39, 0.29) is 11.9 Å². The van der Waals surface area contributed by atoms with Gasteiger partial charge >= 0.3 is 6.09 Å². The van der Waals surface area contributed by atoms with Crippen molar-refractivity contribution < 1.29 is 13.9 Å². The lowest BCUT2D eigenvalue weighted by atomic mass is 10.1. The number of rotatable bonds is 6. The second-order valence-corrected chi connectivity index (χ2v) is 7.02. The van der Waals surface area contributed by atoms with Crippen LogP contribution in [0.15, 0.2) is 22.7 Å². The van der Waals surface area contributed by atoms with E-state index in [9.17, 15) is 9.18 Å². The molecule has 2 N–H and O–H groups in total. The maximum absolute atomic E-state index is 13.7. The molecule has 0 aliphatic rings. The van der Waals surface area contributed by atoms with E-state index in [2.05, 4.69) is 26.6 Å². The fraction of sp³-hybridized carbons (Fsp3) is 0.562. The van der Waals surface area contributed by atoms with Crippen molar-refractivity contribution in [1.29, 1.82) is 0 Å². The summed E-state index contributed by atoms with van der Waals surface area (Å²) in [7, 11) is 0. The Morgan fingerprint density at radius 1 is 1.41 bits per heavy atom. The number of amides is 1. The molecule has 0 aliphatic heterocycles. The molecule has 0 aromatic heterocycles. The molecule has 1 amide bonds. The number of carbonyl (C=O) groups is 1. The SMILES string of the molecule is CCC(CNC(=O)OC(C)(C)C)NCc1cc(Br)ccc1F. The van der Waals surface area contributed by atoms with E-state index in [0.717, 1.165) is 10.9 Å². The fourth-order valence-electron chi connectivity index (χ4n) is 1.81. The number of hydrogen-bond acceptors (Lipinski definition) is 3. The maximum atomic E-state index is 13.7. The molecular formula is C16H24BrFN2O2. The van der Waals surface area contributed by atoms with Gasteiger partial charge in [-0.15, -0.1) is 0 Å². The van der Waals surface area contributed by atoms with Crippen LogP contribution in [-0.2, 0) is 11.3 Å². The van der Waals surface area contributed by atoms with Crippen LogP contribution in [0.3, 0.4) is 0 Å². The van der Waals surface area contributed by atoms with Crippen molar-refractivity contribution in [1.82, 2.24) is 10.6 Å². The van der Waals surface area contributed by atoms with Crippen LogP contribution in [0.5, 0.6) is 0 Å². The summed E-state index contributed by atoms with van der Waals surface area (Å²) in [6.45, 7) is 8.29. The third-order valence-electron chi connectivity index (χ3n) is 2.97. The van der Waals surface area contributed by atoms with E-state index in [0.29, 0.717) is 18.7 Å². The highest BCUT2D eigenvalue weighted by Gasteiger charge is 2.17. The van der Waals surface area contributed by atoms with Gasteiger partial charge in [0.05, 0.1) is 0 Å². The number of alkyl carbamates (subject to hydrolysis) is 1. The van der Waals surface area contributed by atoms with Gasteiger partial charge in [-0.05, 0) is 45.4 Å². The van der Waals surface area contributed by atoms with Crippen LogP contribution in [0, 0.1) is 5.82 Å². The first-order valence-electron chi connectivity index (χ1n) is 7.35. The minimum atomic E-state index is -0.515. The van der Waals surface area contributed by atoms with E-state index >= 15 is 0 Å². The van der Waals surface area contributed by atoms with E-state index in [1.54, 1.807) is 12.1 Å². The van der Waals surface area contributed by atoms with E-state index in [1.165, 1.54) is 6.07 Å². The molecule has 0 aliphatic carbocycles. The standard InChI is InChI=1S/C16H24BrFN2O2/c1-5-13(10-20-15(21)22-16(2,3)4)19-9-11-8-12(17)6-7-14(11)18/h6-8,13,19H,5,9-10H2,1-4H3,(H,20,21). The summed E-state index contributed by atoms with van der Waals surface area (Å²) in [6.07, 6.45) is 0.368. The number of ether oxygens (including phenoxy) is 1. The molecule has 1 atom stereocenters. The van der Waals surface area contributed by atoms with Crippen molar-refractivity contribution in [3.63, 3.8) is 0 Å².